The van der Waals surface area contributed by atoms with Gasteiger partial charge >= 0.3 is 6.03 Å². The molecule has 4 aromatic rings. The summed E-state index contributed by atoms with van der Waals surface area (Å²) < 4.78 is 1.41. The van der Waals surface area contributed by atoms with Crippen LogP contribution in [-0.2, 0) is 6.42 Å². The Bertz CT molecular complexity index is 1270. The quantitative estimate of drug-likeness (QED) is 0.430. The number of rotatable bonds is 5. The molecular weight excluding hydrogens is 416 g/mol. The number of carbonyl (C=O) groups excluding carboxylic acids is 1. The number of aryl methyl sites for hydroxylation is 1. The standard InChI is InChI=1S/C22H19ClN6O2/c1-2-16-12-20(30)27-21(24-16)29-19(13-18(28-29)14-6-4-3-5-7-14)26-22(31)25-17-10-8-15(23)9-11-17/h3-13H,2H2,1H3,(H,24,27,30)(H2,25,26,31). The van der Waals surface area contributed by atoms with Gasteiger partial charge < -0.3 is 5.32 Å². The Morgan fingerprint density at radius 1 is 1.06 bits per heavy atom. The summed E-state index contributed by atoms with van der Waals surface area (Å²) in [5.74, 6) is 0.565. The zero-order valence-corrected chi connectivity index (χ0v) is 17.3. The first-order chi connectivity index (χ1) is 15.0. The summed E-state index contributed by atoms with van der Waals surface area (Å²) in [6.07, 6.45) is 0.587. The van der Waals surface area contributed by atoms with Crippen LogP contribution in [0.4, 0.5) is 16.3 Å². The van der Waals surface area contributed by atoms with Gasteiger partial charge in [0.15, 0.2) is 0 Å². The highest BCUT2D eigenvalue weighted by molar-refractivity contribution is 6.30. The zero-order chi connectivity index (χ0) is 21.8. The molecule has 2 aromatic carbocycles. The van der Waals surface area contributed by atoms with Gasteiger partial charge in [-0.25, -0.2) is 9.78 Å². The van der Waals surface area contributed by atoms with E-state index in [1.807, 2.05) is 37.3 Å². The van der Waals surface area contributed by atoms with Crippen LogP contribution < -0.4 is 16.2 Å². The molecular formula is C22H19ClN6O2. The highest BCUT2D eigenvalue weighted by atomic mass is 35.5. The van der Waals surface area contributed by atoms with Crippen molar-refractivity contribution in [1.82, 2.24) is 19.7 Å². The topological polar surface area (TPSA) is 105 Å². The number of hydrogen-bond acceptors (Lipinski definition) is 4. The largest absolute Gasteiger partial charge is 0.324 e. The molecule has 4 rings (SSSR count). The third-order valence-electron chi connectivity index (χ3n) is 4.47. The maximum absolute atomic E-state index is 12.6. The number of amides is 2. The van der Waals surface area contributed by atoms with Crippen molar-refractivity contribution in [3.8, 4) is 17.2 Å². The predicted octanol–water partition coefficient (Wildman–Crippen LogP) is 4.48. The lowest BCUT2D eigenvalue weighted by Gasteiger charge is -2.10. The maximum atomic E-state index is 12.6. The van der Waals surface area contributed by atoms with Gasteiger partial charge in [0.1, 0.15) is 5.82 Å². The number of hydrogen-bond donors (Lipinski definition) is 3. The summed E-state index contributed by atoms with van der Waals surface area (Å²) in [5.41, 5.74) is 2.38. The van der Waals surface area contributed by atoms with E-state index in [9.17, 15) is 9.59 Å². The van der Waals surface area contributed by atoms with Crippen LogP contribution in [0.2, 0.25) is 5.02 Å². The third kappa shape index (κ3) is 4.81. The number of benzene rings is 2. The molecule has 0 spiro atoms. The van der Waals surface area contributed by atoms with Gasteiger partial charge in [-0.05, 0) is 30.7 Å². The van der Waals surface area contributed by atoms with Gasteiger partial charge in [0, 0.05) is 34.1 Å². The molecule has 3 N–H and O–H groups in total. The summed E-state index contributed by atoms with van der Waals surface area (Å²) in [4.78, 5) is 31.8. The van der Waals surface area contributed by atoms with Crippen molar-refractivity contribution in [3.05, 3.63) is 87.8 Å². The molecule has 0 aliphatic rings. The Hall–Kier alpha value is -3.91. The van der Waals surface area contributed by atoms with Crippen LogP contribution in [0.3, 0.4) is 0 Å². The van der Waals surface area contributed by atoms with E-state index in [0.29, 0.717) is 34.3 Å². The van der Waals surface area contributed by atoms with Crippen LogP contribution in [-0.4, -0.2) is 25.8 Å². The average Bonchev–Trinajstić information content (AvgIpc) is 3.19. The predicted molar refractivity (Wildman–Crippen MR) is 121 cm³/mol. The minimum atomic E-state index is -0.475. The first-order valence-electron chi connectivity index (χ1n) is 9.61. The fourth-order valence-corrected chi connectivity index (χ4v) is 3.09. The second-order valence-electron chi connectivity index (χ2n) is 6.69. The van der Waals surface area contributed by atoms with Gasteiger partial charge in [0.05, 0.1) is 5.69 Å². The van der Waals surface area contributed by atoms with Crippen molar-refractivity contribution in [2.24, 2.45) is 0 Å². The van der Waals surface area contributed by atoms with Crippen LogP contribution in [0.1, 0.15) is 12.6 Å². The van der Waals surface area contributed by atoms with Crippen LogP contribution in [0, 0.1) is 0 Å². The number of anilines is 2. The van der Waals surface area contributed by atoms with Crippen molar-refractivity contribution >= 4 is 29.1 Å². The van der Waals surface area contributed by atoms with E-state index < -0.39 is 6.03 Å². The first-order valence-corrected chi connectivity index (χ1v) is 9.99. The molecule has 0 aliphatic heterocycles. The van der Waals surface area contributed by atoms with Gasteiger partial charge in [-0.1, -0.05) is 48.9 Å². The second kappa shape index (κ2) is 8.85. The van der Waals surface area contributed by atoms with Crippen LogP contribution in [0.5, 0.6) is 0 Å². The average molecular weight is 435 g/mol. The van der Waals surface area contributed by atoms with E-state index in [2.05, 4.69) is 25.7 Å². The van der Waals surface area contributed by atoms with Crippen molar-refractivity contribution in [2.45, 2.75) is 13.3 Å². The number of aromatic amines is 1. The number of H-pyrrole nitrogens is 1. The molecule has 0 bridgehead atoms. The lowest BCUT2D eigenvalue weighted by molar-refractivity contribution is 0.262. The molecule has 0 radical (unpaired) electrons. The van der Waals surface area contributed by atoms with E-state index in [-0.39, 0.29) is 11.5 Å². The van der Waals surface area contributed by atoms with Gasteiger partial charge in [-0.3, -0.25) is 15.1 Å². The number of nitrogens with one attached hydrogen (secondary N) is 3. The van der Waals surface area contributed by atoms with Crippen LogP contribution in [0.25, 0.3) is 17.2 Å². The lowest BCUT2D eigenvalue weighted by atomic mass is 10.2. The number of nitrogens with zero attached hydrogens (tertiary/aromatic N) is 3. The zero-order valence-electron chi connectivity index (χ0n) is 16.6. The Kier molecular flexibility index (Phi) is 5.81. The van der Waals surface area contributed by atoms with Gasteiger partial charge in [-0.2, -0.15) is 9.78 Å². The van der Waals surface area contributed by atoms with Gasteiger partial charge in [-0.15, -0.1) is 0 Å². The molecule has 156 valence electrons. The van der Waals surface area contributed by atoms with E-state index in [1.165, 1.54) is 10.7 Å². The summed E-state index contributed by atoms with van der Waals surface area (Å²) in [7, 11) is 0. The Morgan fingerprint density at radius 3 is 2.52 bits per heavy atom. The number of halogens is 1. The van der Waals surface area contributed by atoms with Crippen LogP contribution in [0.15, 0.2) is 71.5 Å². The number of urea groups is 1. The van der Waals surface area contributed by atoms with Crippen molar-refractivity contribution in [3.63, 3.8) is 0 Å². The van der Waals surface area contributed by atoms with E-state index in [4.69, 9.17) is 11.6 Å². The summed E-state index contributed by atoms with van der Waals surface area (Å²) >= 11 is 5.89. The van der Waals surface area contributed by atoms with E-state index in [0.717, 1.165) is 5.56 Å². The maximum Gasteiger partial charge on any atom is 0.324 e. The lowest BCUT2D eigenvalue weighted by Crippen LogP contribution is -2.22. The molecule has 2 amide bonds. The second-order valence-corrected chi connectivity index (χ2v) is 7.13. The summed E-state index contributed by atoms with van der Waals surface area (Å²) in [5, 5.41) is 10.6. The molecule has 31 heavy (non-hydrogen) atoms. The van der Waals surface area contributed by atoms with Gasteiger partial charge in [0.25, 0.3) is 5.56 Å². The van der Waals surface area contributed by atoms with Crippen molar-refractivity contribution in [2.75, 3.05) is 10.6 Å². The van der Waals surface area contributed by atoms with Crippen molar-refractivity contribution in [1.29, 1.82) is 0 Å². The molecule has 2 heterocycles. The highest BCUT2D eigenvalue weighted by Crippen LogP contribution is 2.24. The molecule has 0 unspecified atom stereocenters. The molecule has 0 saturated heterocycles. The van der Waals surface area contributed by atoms with E-state index >= 15 is 0 Å². The molecule has 9 heteroatoms. The minimum absolute atomic E-state index is 0.216. The summed E-state index contributed by atoms with van der Waals surface area (Å²) in [6.45, 7) is 1.91. The SMILES string of the molecule is CCc1cc(=O)[nH]c(-n2nc(-c3ccccc3)cc2NC(=O)Nc2ccc(Cl)cc2)n1. The number of aromatic nitrogens is 4. The minimum Gasteiger partial charge on any atom is -0.308 e. The molecule has 8 nitrogen and oxygen atoms in total. The summed E-state index contributed by atoms with van der Waals surface area (Å²) in [6, 6.07) is 18.9. The Morgan fingerprint density at radius 2 is 1.81 bits per heavy atom. The fourth-order valence-electron chi connectivity index (χ4n) is 2.97. The fraction of sp³-hybridized carbons (Fsp3) is 0.0909. The highest BCUT2D eigenvalue weighted by Gasteiger charge is 2.16. The molecule has 0 aliphatic carbocycles. The smallest absolute Gasteiger partial charge is 0.308 e. The monoisotopic (exact) mass is 434 g/mol. The molecule has 0 fully saturated rings. The van der Waals surface area contributed by atoms with Gasteiger partial charge in [0.2, 0.25) is 5.95 Å². The number of carbonyl (C=O) groups is 1. The Labute approximate surface area is 182 Å². The van der Waals surface area contributed by atoms with Crippen molar-refractivity contribution < 1.29 is 4.79 Å². The van der Waals surface area contributed by atoms with E-state index in [1.54, 1.807) is 30.3 Å². The molecule has 0 atom stereocenters. The first kappa shape index (κ1) is 20.4. The Balaban J connectivity index is 1.70. The molecule has 0 saturated carbocycles. The third-order valence-corrected chi connectivity index (χ3v) is 4.72. The van der Waals surface area contributed by atoms with Crippen LogP contribution >= 0.6 is 11.6 Å². The molecule has 2 aromatic heterocycles. The normalized spacial score (nSPS) is 10.6.